The van der Waals surface area contributed by atoms with Crippen LogP contribution >= 0.6 is 11.8 Å². The molecule has 2 aromatic rings. The van der Waals surface area contributed by atoms with Crippen molar-refractivity contribution in [2.75, 3.05) is 12.3 Å². The summed E-state index contributed by atoms with van der Waals surface area (Å²) in [6, 6.07) is 4.45. The largest absolute Gasteiger partial charge is 0.480 e. The van der Waals surface area contributed by atoms with Gasteiger partial charge in [0, 0.05) is 23.4 Å². The third-order valence-electron chi connectivity index (χ3n) is 5.29. The van der Waals surface area contributed by atoms with Gasteiger partial charge in [-0.3, -0.25) is 24.4 Å². The number of hydrogen-bond donors (Lipinski definition) is 5. The number of carboxylic acids is 2. The van der Waals surface area contributed by atoms with Gasteiger partial charge < -0.3 is 21.3 Å². The summed E-state index contributed by atoms with van der Waals surface area (Å²) in [5.74, 6) is -2.80. The zero-order valence-electron chi connectivity index (χ0n) is 17.7. The van der Waals surface area contributed by atoms with E-state index in [0.29, 0.717) is 23.6 Å². The highest BCUT2D eigenvalue weighted by Gasteiger charge is 2.51. The van der Waals surface area contributed by atoms with Gasteiger partial charge in [0.1, 0.15) is 29.4 Å². The van der Waals surface area contributed by atoms with Crippen molar-refractivity contribution in [3.05, 3.63) is 59.7 Å². The van der Waals surface area contributed by atoms with Crippen LogP contribution in [0.1, 0.15) is 10.5 Å². The first-order valence-corrected chi connectivity index (χ1v) is 11.2. The predicted molar refractivity (Wildman–Crippen MR) is 119 cm³/mol. The van der Waals surface area contributed by atoms with E-state index in [1.165, 1.54) is 22.7 Å². The van der Waals surface area contributed by atoms with Gasteiger partial charge in [0.25, 0.3) is 5.91 Å². The minimum absolute atomic E-state index is 0.0197. The zero-order valence-corrected chi connectivity index (χ0v) is 18.5. The number of pyridine rings is 1. The molecule has 0 aliphatic carbocycles. The lowest BCUT2D eigenvalue weighted by atomic mass is 10.0. The maximum atomic E-state index is 12.0. The molecule has 13 heteroatoms. The minimum Gasteiger partial charge on any atom is -0.480 e. The molecule has 2 aromatic heterocycles. The van der Waals surface area contributed by atoms with Crippen LogP contribution in [0.2, 0.25) is 0 Å². The molecule has 2 aliphatic heterocycles. The Morgan fingerprint density at radius 2 is 2.06 bits per heavy atom. The Kier molecular flexibility index (Phi) is 6.47. The molecule has 4 heterocycles. The van der Waals surface area contributed by atoms with E-state index in [2.05, 4.69) is 15.5 Å². The second kappa shape index (κ2) is 9.49. The van der Waals surface area contributed by atoms with Crippen LogP contribution in [-0.2, 0) is 20.9 Å². The number of nitrogens with zero attached hydrogens (tertiary/aromatic N) is 3. The highest BCUT2D eigenvalue weighted by atomic mass is 32.2. The van der Waals surface area contributed by atoms with E-state index in [-0.39, 0.29) is 22.7 Å². The average molecular weight is 486 g/mol. The molecule has 0 aromatic carbocycles. The third-order valence-corrected chi connectivity index (χ3v) is 6.61. The Bertz CT molecular complexity index is 1220. The van der Waals surface area contributed by atoms with Crippen LogP contribution in [-0.4, -0.2) is 72.8 Å². The quantitative estimate of drug-likeness (QED) is 0.239. The molecular formula is C21H21N6O6S+. The monoisotopic (exact) mass is 485 g/mol. The van der Waals surface area contributed by atoms with Crippen LogP contribution in [0.3, 0.4) is 0 Å². The lowest BCUT2D eigenvalue weighted by molar-refractivity contribution is -0.686. The van der Waals surface area contributed by atoms with Crippen molar-refractivity contribution >= 4 is 35.5 Å². The van der Waals surface area contributed by atoms with E-state index in [4.69, 9.17) is 10.8 Å². The number of allylic oxidation sites excluding steroid dienone is 2. The summed E-state index contributed by atoms with van der Waals surface area (Å²) in [7, 11) is 0. The number of H-pyrrole nitrogens is 1. The summed E-state index contributed by atoms with van der Waals surface area (Å²) in [4.78, 5) is 47.5. The molecule has 4 rings (SSSR count). The first-order chi connectivity index (χ1) is 16.3. The van der Waals surface area contributed by atoms with Gasteiger partial charge in [-0.05, 0) is 17.7 Å². The van der Waals surface area contributed by atoms with Gasteiger partial charge in [-0.1, -0.05) is 6.08 Å². The number of thioether (sulfide) groups is 1. The van der Waals surface area contributed by atoms with Crippen LogP contribution < -0.4 is 15.6 Å². The molecule has 2 aliphatic rings. The van der Waals surface area contributed by atoms with Crippen molar-refractivity contribution in [1.82, 2.24) is 20.4 Å². The molecule has 0 radical (unpaired) electrons. The number of amides is 2. The molecule has 1 saturated heterocycles. The molecule has 176 valence electrons. The van der Waals surface area contributed by atoms with Crippen molar-refractivity contribution < 1.29 is 34.0 Å². The molecule has 0 bridgehead atoms. The summed E-state index contributed by atoms with van der Waals surface area (Å²) in [5, 5.41) is 26.8. The number of aliphatic carboxylic acids is 2. The standard InChI is InChI=1S/C21H20N6O6S/c22-16-19(31)27-17(21(32)33)12(10-34-20(16)27)2-1-5-26-6-3-11(4-7-26)13-8-14(25-24-13)18(30)23-9-15(28)29/h1-4,6-8,16,20H,5,9-10,22H2,(H3,23,28,29,30,32,33)/p+1/b2-1+/t16?,20-/m1/s1. The van der Waals surface area contributed by atoms with Gasteiger partial charge in [-0.25, -0.2) is 9.36 Å². The number of fused-ring (bicyclic) bond motifs is 1. The predicted octanol–water partition coefficient (Wildman–Crippen LogP) is -0.684. The number of aromatic nitrogens is 3. The summed E-state index contributed by atoms with van der Waals surface area (Å²) < 4.78 is 1.86. The molecule has 12 nitrogen and oxygen atoms in total. The Hall–Kier alpha value is -3.97. The first-order valence-electron chi connectivity index (χ1n) is 10.1. The number of carboxylic acid groups (broad SMARTS) is 2. The topological polar surface area (TPSA) is 183 Å². The third kappa shape index (κ3) is 4.56. The highest BCUT2D eigenvalue weighted by molar-refractivity contribution is 8.00. The molecule has 1 fully saturated rings. The Morgan fingerprint density at radius 3 is 2.74 bits per heavy atom. The second-order valence-electron chi connectivity index (χ2n) is 7.54. The van der Waals surface area contributed by atoms with Gasteiger partial charge in [0.05, 0.1) is 5.69 Å². The molecule has 0 saturated carbocycles. The van der Waals surface area contributed by atoms with E-state index in [9.17, 15) is 24.3 Å². The SMILES string of the molecule is NC1C(=O)N2C(C(=O)O)=C(/C=C/C[n+]3ccc(-c4cc(C(=O)NCC(=O)O)[nH]n4)cc3)CS[C@H]12. The summed E-state index contributed by atoms with van der Waals surface area (Å²) in [5.41, 5.74) is 7.70. The summed E-state index contributed by atoms with van der Waals surface area (Å²) >= 11 is 1.44. The van der Waals surface area contributed by atoms with Crippen molar-refractivity contribution in [2.45, 2.75) is 18.0 Å². The van der Waals surface area contributed by atoms with E-state index < -0.39 is 30.4 Å². The molecule has 34 heavy (non-hydrogen) atoms. The fraction of sp³-hybridized carbons (Fsp3) is 0.238. The number of β-lactam (4-membered cyclic amide) rings is 1. The normalized spacial score (nSPS) is 19.7. The first kappa shape index (κ1) is 23.2. The Morgan fingerprint density at radius 1 is 1.32 bits per heavy atom. The molecule has 6 N–H and O–H groups in total. The van der Waals surface area contributed by atoms with E-state index >= 15 is 0 Å². The number of nitrogens with one attached hydrogen (secondary N) is 2. The summed E-state index contributed by atoms with van der Waals surface area (Å²) in [6.45, 7) is -0.0281. The fourth-order valence-corrected chi connectivity index (χ4v) is 4.84. The van der Waals surface area contributed by atoms with Gasteiger partial charge in [0.15, 0.2) is 18.9 Å². The molecule has 2 atom stereocenters. The Balaban J connectivity index is 1.41. The number of carbonyl (C=O) groups is 4. The van der Waals surface area contributed by atoms with E-state index in [1.807, 2.05) is 10.6 Å². The maximum Gasteiger partial charge on any atom is 0.352 e. The molecular weight excluding hydrogens is 464 g/mol. The van der Waals surface area contributed by atoms with Gasteiger partial charge in [-0.2, -0.15) is 5.10 Å². The second-order valence-corrected chi connectivity index (χ2v) is 8.65. The van der Waals surface area contributed by atoms with Gasteiger partial charge >= 0.3 is 11.9 Å². The number of nitrogens with two attached hydrogens (primary N) is 1. The van der Waals surface area contributed by atoms with Crippen molar-refractivity contribution in [3.63, 3.8) is 0 Å². The van der Waals surface area contributed by atoms with Gasteiger partial charge in [-0.15, -0.1) is 11.8 Å². The van der Waals surface area contributed by atoms with E-state index in [1.54, 1.807) is 30.6 Å². The van der Waals surface area contributed by atoms with Crippen LogP contribution in [0.5, 0.6) is 0 Å². The molecule has 1 unspecified atom stereocenters. The number of carbonyl (C=O) groups excluding carboxylic acids is 2. The van der Waals surface area contributed by atoms with Crippen LogP contribution in [0.25, 0.3) is 11.3 Å². The van der Waals surface area contributed by atoms with Crippen molar-refractivity contribution in [1.29, 1.82) is 0 Å². The van der Waals surface area contributed by atoms with Crippen LogP contribution in [0, 0.1) is 0 Å². The van der Waals surface area contributed by atoms with Crippen molar-refractivity contribution in [2.24, 2.45) is 5.73 Å². The average Bonchev–Trinajstić information content (AvgIpc) is 3.32. The van der Waals surface area contributed by atoms with Crippen LogP contribution in [0.4, 0.5) is 0 Å². The number of hydrogen-bond acceptors (Lipinski definition) is 7. The smallest absolute Gasteiger partial charge is 0.352 e. The molecule has 0 spiro atoms. The minimum atomic E-state index is -1.16. The number of rotatable bonds is 8. The Labute approximate surface area is 197 Å². The van der Waals surface area contributed by atoms with E-state index in [0.717, 1.165) is 5.56 Å². The lowest BCUT2D eigenvalue weighted by Gasteiger charge is -2.47. The fourth-order valence-electron chi connectivity index (χ4n) is 3.57. The molecule has 2 amide bonds. The highest BCUT2D eigenvalue weighted by Crippen LogP contribution is 2.39. The lowest BCUT2D eigenvalue weighted by Crippen LogP contribution is -2.68. The van der Waals surface area contributed by atoms with Crippen molar-refractivity contribution in [3.8, 4) is 11.3 Å². The van der Waals surface area contributed by atoms with Gasteiger partial charge in [0.2, 0.25) is 5.91 Å². The maximum absolute atomic E-state index is 12.0. The van der Waals surface area contributed by atoms with Crippen LogP contribution in [0.15, 0.2) is 54.0 Å². The zero-order chi connectivity index (χ0) is 24.4. The summed E-state index contributed by atoms with van der Waals surface area (Å²) in [6.07, 6.45) is 7.12. The number of aromatic amines is 1.